The fourth-order valence-corrected chi connectivity index (χ4v) is 2.25. The second-order valence-corrected chi connectivity index (χ2v) is 4.68. The van der Waals surface area contributed by atoms with Gasteiger partial charge in [-0.1, -0.05) is 18.2 Å². The number of allylic oxidation sites excluding steroid dienone is 1. The zero-order chi connectivity index (χ0) is 15.7. The lowest BCUT2D eigenvalue weighted by Gasteiger charge is -2.10. The van der Waals surface area contributed by atoms with Crippen molar-refractivity contribution in [1.82, 2.24) is 0 Å². The van der Waals surface area contributed by atoms with E-state index in [2.05, 4.69) is 0 Å². The molecule has 2 aromatic carbocycles. The number of aromatic carboxylic acids is 1. The average Bonchev–Trinajstić information content (AvgIpc) is 2.83. The van der Waals surface area contributed by atoms with Crippen molar-refractivity contribution in [2.45, 2.75) is 0 Å². The van der Waals surface area contributed by atoms with Gasteiger partial charge in [0.1, 0.15) is 11.5 Å². The highest BCUT2D eigenvalue weighted by molar-refractivity contribution is 6.14. The monoisotopic (exact) mass is 295 g/mol. The van der Waals surface area contributed by atoms with Crippen LogP contribution in [0.15, 0.2) is 48.2 Å². The summed E-state index contributed by atoms with van der Waals surface area (Å²) in [4.78, 5) is 23.2. The molecule has 0 saturated heterocycles. The molecular weight excluding hydrogens is 284 g/mol. The van der Waals surface area contributed by atoms with Crippen LogP contribution < -0.4 is 14.6 Å². The molecule has 0 spiro atoms. The molecule has 0 N–H and O–H groups in total. The summed E-state index contributed by atoms with van der Waals surface area (Å²) in [5.41, 5.74) is 1.05. The zero-order valence-electron chi connectivity index (χ0n) is 11.7. The van der Waals surface area contributed by atoms with Crippen molar-refractivity contribution in [2.75, 3.05) is 7.11 Å². The number of fused-ring (bicyclic) bond motifs is 1. The number of carboxylic acids is 1. The van der Waals surface area contributed by atoms with E-state index in [0.29, 0.717) is 16.9 Å². The first-order valence-corrected chi connectivity index (χ1v) is 6.53. The highest BCUT2D eigenvalue weighted by atomic mass is 16.5. The number of Topliss-reactive ketones (excluding diaryl/α,β-unsaturated/α-hetero) is 1. The summed E-state index contributed by atoms with van der Waals surface area (Å²) in [6, 6.07) is 11.4. The molecule has 2 aromatic rings. The first-order chi connectivity index (χ1) is 10.6. The Morgan fingerprint density at radius 2 is 2.00 bits per heavy atom. The summed E-state index contributed by atoms with van der Waals surface area (Å²) in [6.45, 7) is 0. The third-order valence-electron chi connectivity index (χ3n) is 3.32. The Morgan fingerprint density at radius 1 is 1.23 bits per heavy atom. The third-order valence-corrected chi connectivity index (χ3v) is 3.32. The van der Waals surface area contributed by atoms with Gasteiger partial charge in [0.25, 0.3) is 0 Å². The topological polar surface area (TPSA) is 75.7 Å². The second kappa shape index (κ2) is 5.37. The molecule has 0 atom stereocenters. The second-order valence-electron chi connectivity index (χ2n) is 4.68. The van der Waals surface area contributed by atoms with Gasteiger partial charge in [-0.05, 0) is 35.9 Å². The molecule has 110 valence electrons. The van der Waals surface area contributed by atoms with Crippen LogP contribution in [0.25, 0.3) is 6.08 Å². The molecule has 0 saturated carbocycles. The van der Waals surface area contributed by atoms with E-state index >= 15 is 0 Å². The maximum atomic E-state index is 12.2. The summed E-state index contributed by atoms with van der Waals surface area (Å²) in [7, 11) is 1.37. The standard InChI is InChI=1S/C17H12O5/c1-21-14-8-10(6-7-12(14)17(19)20)9-15-16(18)11-4-2-3-5-13(11)22-15/h2-9H,1H3,(H,19,20)/p-1/b15-9+. The number of carbonyl (C=O) groups excluding carboxylic acids is 2. The van der Waals surface area contributed by atoms with Gasteiger partial charge in [-0.2, -0.15) is 0 Å². The molecule has 1 aliphatic rings. The molecule has 0 aliphatic carbocycles. The number of hydrogen-bond donors (Lipinski definition) is 0. The smallest absolute Gasteiger partial charge is 0.231 e. The number of benzene rings is 2. The number of ether oxygens (including phenoxy) is 2. The number of carboxylic acid groups (broad SMARTS) is 1. The van der Waals surface area contributed by atoms with Gasteiger partial charge in [0, 0.05) is 5.56 Å². The van der Waals surface area contributed by atoms with Gasteiger partial charge < -0.3 is 19.4 Å². The van der Waals surface area contributed by atoms with E-state index in [9.17, 15) is 14.7 Å². The van der Waals surface area contributed by atoms with E-state index in [4.69, 9.17) is 9.47 Å². The minimum Gasteiger partial charge on any atom is -0.545 e. The van der Waals surface area contributed by atoms with Crippen LogP contribution in [-0.4, -0.2) is 18.9 Å². The Morgan fingerprint density at radius 3 is 2.68 bits per heavy atom. The van der Waals surface area contributed by atoms with Crippen molar-refractivity contribution in [1.29, 1.82) is 0 Å². The maximum Gasteiger partial charge on any atom is 0.231 e. The molecule has 0 amide bonds. The SMILES string of the molecule is COc1cc(/C=C2/Oc3ccccc3C2=O)ccc1C(=O)[O-]. The first kappa shape index (κ1) is 13.9. The Kier molecular flexibility index (Phi) is 3.39. The molecule has 22 heavy (non-hydrogen) atoms. The average molecular weight is 295 g/mol. The first-order valence-electron chi connectivity index (χ1n) is 6.53. The quantitative estimate of drug-likeness (QED) is 0.805. The Bertz CT molecular complexity index is 804. The minimum atomic E-state index is -1.32. The molecule has 5 heteroatoms. The highest BCUT2D eigenvalue weighted by Crippen LogP contribution is 2.32. The number of hydrogen-bond acceptors (Lipinski definition) is 5. The molecule has 1 heterocycles. The van der Waals surface area contributed by atoms with Gasteiger partial charge in [0.05, 0.1) is 18.6 Å². The van der Waals surface area contributed by atoms with E-state index in [1.165, 1.54) is 19.2 Å². The number of ketones is 1. The fraction of sp³-hybridized carbons (Fsp3) is 0.0588. The number of carbonyl (C=O) groups is 2. The summed E-state index contributed by atoms with van der Waals surface area (Å²) in [5.74, 6) is -0.672. The van der Waals surface area contributed by atoms with Crippen molar-refractivity contribution in [3.8, 4) is 11.5 Å². The van der Waals surface area contributed by atoms with Gasteiger partial charge in [-0.25, -0.2) is 0 Å². The van der Waals surface area contributed by atoms with Crippen LogP contribution in [-0.2, 0) is 0 Å². The molecule has 0 bridgehead atoms. The van der Waals surface area contributed by atoms with E-state index in [-0.39, 0.29) is 22.9 Å². The van der Waals surface area contributed by atoms with Gasteiger partial charge in [0.2, 0.25) is 5.78 Å². The number of methoxy groups -OCH3 is 1. The Balaban J connectivity index is 1.97. The predicted molar refractivity (Wildman–Crippen MR) is 76.7 cm³/mol. The lowest BCUT2D eigenvalue weighted by Crippen LogP contribution is -2.22. The lowest BCUT2D eigenvalue weighted by molar-refractivity contribution is -0.255. The van der Waals surface area contributed by atoms with Crippen LogP contribution >= 0.6 is 0 Å². The number of para-hydroxylation sites is 1. The minimum absolute atomic E-state index is 0.0494. The van der Waals surface area contributed by atoms with Crippen LogP contribution in [0.2, 0.25) is 0 Å². The summed E-state index contributed by atoms with van der Waals surface area (Å²) >= 11 is 0. The predicted octanol–water partition coefficient (Wildman–Crippen LogP) is 1.67. The summed E-state index contributed by atoms with van der Waals surface area (Å²) in [6.07, 6.45) is 1.55. The largest absolute Gasteiger partial charge is 0.545 e. The van der Waals surface area contributed by atoms with Gasteiger partial charge in [-0.15, -0.1) is 0 Å². The van der Waals surface area contributed by atoms with Crippen LogP contribution in [0.4, 0.5) is 0 Å². The van der Waals surface area contributed by atoms with Crippen molar-refractivity contribution >= 4 is 17.8 Å². The van der Waals surface area contributed by atoms with E-state index in [0.717, 1.165) is 0 Å². The summed E-state index contributed by atoms with van der Waals surface area (Å²) in [5, 5.41) is 11.0. The Labute approximate surface area is 126 Å². The maximum absolute atomic E-state index is 12.2. The molecular formula is C17H11O5-. The normalized spacial score (nSPS) is 14.6. The zero-order valence-corrected chi connectivity index (χ0v) is 11.7. The summed E-state index contributed by atoms with van der Waals surface area (Å²) < 4.78 is 10.5. The van der Waals surface area contributed by atoms with Gasteiger partial charge in [0.15, 0.2) is 5.76 Å². The van der Waals surface area contributed by atoms with Crippen LogP contribution in [0.1, 0.15) is 26.3 Å². The van der Waals surface area contributed by atoms with Crippen molar-refractivity contribution in [3.05, 3.63) is 64.9 Å². The third kappa shape index (κ3) is 2.33. The van der Waals surface area contributed by atoms with E-state index < -0.39 is 5.97 Å². The fourth-order valence-electron chi connectivity index (χ4n) is 2.25. The van der Waals surface area contributed by atoms with Gasteiger partial charge in [-0.3, -0.25) is 4.79 Å². The van der Waals surface area contributed by atoms with Crippen molar-refractivity contribution in [3.63, 3.8) is 0 Å². The molecule has 0 unspecified atom stereocenters. The van der Waals surface area contributed by atoms with Crippen LogP contribution in [0, 0.1) is 0 Å². The van der Waals surface area contributed by atoms with Crippen LogP contribution in [0.3, 0.4) is 0 Å². The van der Waals surface area contributed by atoms with Crippen LogP contribution in [0.5, 0.6) is 11.5 Å². The van der Waals surface area contributed by atoms with Crippen molar-refractivity contribution in [2.24, 2.45) is 0 Å². The van der Waals surface area contributed by atoms with Crippen molar-refractivity contribution < 1.29 is 24.2 Å². The number of rotatable bonds is 3. The Hall–Kier alpha value is -3.08. The molecule has 1 aliphatic heterocycles. The molecule has 0 fully saturated rings. The lowest BCUT2D eigenvalue weighted by atomic mass is 10.1. The van der Waals surface area contributed by atoms with E-state index in [1.807, 2.05) is 0 Å². The highest BCUT2D eigenvalue weighted by Gasteiger charge is 2.26. The molecule has 0 aromatic heterocycles. The van der Waals surface area contributed by atoms with E-state index in [1.54, 1.807) is 36.4 Å². The molecule has 5 nitrogen and oxygen atoms in total. The molecule has 0 radical (unpaired) electrons. The van der Waals surface area contributed by atoms with Gasteiger partial charge >= 0.3 is 0 Å². The molecule has 3 rings (SSSR count).